The number of nitrogens with zero attached hydrogens (tertiary/aromatic N) is 1. The predicted molar refractivity (Wildman–Crippen MR) is 99.5 cm³/mol. The third kappa shape index (κ3) is 2.55. The van der Waals surface area contributed by atoms with E-state index in [-0.39, 0.29) is 28.1 Å². The maximum atomic E-state index is 13.1. The Hall–Kier alpha value is -4.20. The van der Waals surface area contributed by atoms with Crippen LogP contribution in [0.1, 0.15) is 31.8 Å². The second-order valence-electron chi connectivity index (χ2n) is 6.18. The highest BCUT2D eigenvalue weighted by molar-refractivity contribution is 6.31. The molecule has 0 aliphatic heterocycles. The lowest BCUT2D eigenvalue weighted by Gasteiger charge is -2.22. The fourth-order valence-corrected chi connectivity index (χ4v) is 3.22. The largest absolute Gasteiger partial charge is 0.508 e. The van der Waals surface area contributed by atoms with Gasteiger partial charge in [0.1, 0.15) is 5.75 Å². The summed E-state index contributed by atoms with van der Waals surface area (Å²) in [6.45, 7) is 0. The number of hydrogen-bond acceptors (Lipinski definition) is 7. The highest BCUT2D eigenvalue weighted by Gasteiger charge is 2.38. The average molecular weight is 376 g/mol. The molecule has 8 heteroatoms. The van der Waals surface area contributed by atoms with Gasteiger partial charge in [0, 0.05) is 22.9 Å². The van der Waals surface area contributed by atoms with Crippen LogP contribution in [0.3, 0.4) is 0 Å². The molecule has 0 heterocycles. The monoisotopic (exact) mass is 376 g/mol. The van der Waals surface area contributed by atoms with Gasteiger partial charge in [0.25, 0.3) is 0 Å². The number of carbonyl (C=O) groups is 2. The first-order chi connectivity index (χ1) is 13.4. The standard InChI is InChI=1S/C20H12N2O6/c23-11-6-7-12-13(8-11)19(25)17-16(18(12)24)14(9-15(20(17)26)22(27)28)21-10-4-2-1-3-5-10/h1-9,21,23,26H. The Morgan fingerprint density at radius 1 is 0.857 bits per heavy atom. The summed E-state index contributed by atoms with van der Waals surface area (Å²) in [7, 11) is 0. The van der Waals surface area contributed by atoms with Gasteiger partial charge in [0.05, 0.1) is 21.7 Å². The number of carbonyl (C=O) groups excluding carboxylic acids is 2. The summed E-state index contributed by atoms with van der Waals surface area (Å²) in [6.07, 6.45) is 0. The summed E-state index contributed by atoms with van der Waals surface area (Å²) in [5, 5.41) is 34.3. The first-order valence-corrected chi connectivity index (χ1v) is 8.17. The summed E-state index contributed by atoms with van der Waals surface area (Å²) in [5.74, 6) is -2.49. The van der Waals surface area contributed by atoms with E-state index in [9.17, 15) is 29.9 Å². The maximum absolute atomic E-state index is 13.1. The number of phenols is 2. The molecule has 8 nitrogen and oxygen atoms in total. The molecule has 4 rings (SSSR count). The van der Waals surface area contributed by atoms with Crippen molar-refractivity contribution in [1.82, 2.24) is 0 Å². The molecule has 0 unspecified atom stereocenters. The average Bonchev–Trinajstić information content (AvgIpc) is 2.67. The van der Waals surface area contributed by atoms with Crippen LogP contribution in [0, 0.1) is 10.1 Å². The molecule has 138 valence electrons. The number of phenolic OH excluding ortho intramolecular Hbond substituents is 2. The molecule has 1 aliphatic carbocycles. The summed E-state index contributed by atoms with van der Waals surface area (Å²) in [5.41, 5.74) is -0.837. The molecule has 0 radical (unpaired) electrons. The Kier molecular flexibility index (Phi) is 3.82. The van der Waals surface area contributed by atoms with Crippen molar-refractivity contribution in [3.05, 3.63) is 87.0 Å². The van der Waals surface area contributed by atoms with Crippen LogP contribution in [0.5, 0.6) is 11.5 Å². The zero-order chi connectivity index (χ0) is 20.0. The number of nitrogens with one attached hydrogen (secondary N) is 1. The number of benzene rings is 3. The van der Waals surface area contributed by atoms with Crippen LogP contribution < -0.4 is 5.32 Å². The third-order valence-electron chi connectivity index (χ3n) is 4.48. The van der Waals surface area contributed by atoms with Crippen LogP contribution >= 0.6 is 0 Å². The normalized spacial score (nSPS) is 12.3. The number of para-hydroxylation sites is 1. The molecule has 3 N–H and O–H groups in total. The van der Waals surface area contributed by atoms with E-state index in [2.05, 4.69) is 5.32 Å². The lowest BCUT2D eigenvalue weighted by molar-refractivity contribution is -0.385. The Labute approximate surface area is 157 Å². The molecule has 0 bridgehead atoms. The lowest BCUT2D eigenvalue weighted by Crippen LogP contribution is -2.22. The number of nitro groups is 1. The number of rotatable bonds is 3. The smallest absolute Gasteiger partial charge is 0.313 e. The molecule has 0 fully saturated rings. The van der Waals surface area contributed by atoms with Crippen LogP contribution in [0.4, 0.5) is 17.1 Å². The second-order valence-corrected chi connectivity index (χ2v) is 6.18. The number of anilines is 2. The summed E-state index contributed by atoms with van der Waals surface area (Å²) >= 11 is 0. The lowest BCUT2D eigenvalue weighted by atomic mass is 9.82. The van der Waals surface area contributed by atoms with Crippen molar-refractivity contribution >= 4 is 28.6 Å². The van der Waals surface area contributed by atoms with E-state index in [0.29, 0.717) is 5.69 Å². The van der Waals surface area contributed by atoms with E-state index >= 15 is 0 Å². The van der Waals surface area contributed by atoms with Gasteiger partial charge in [-0.3, -0.25) is 19.7 Å². The maximum Gasteiger partial charge on any atom is 0.313 e. The minimum atomic E-state index is -0.883. The van der Waals surface area contributed by atoms with Gasteiger partial charge in [-0.05, 0) is 30.3 Å². The number of aromatic hydroxyl groups is 2. The Balaban J connectivity index is 2.01. The predicted octanol–water partition coefficient (Wildman–Crippen LogP) is 3.53. The van der Waals surface area contributed by atoms with Gasteiger partial charge in [0.15, 0.2) is 11.6 Å². The summed E-state index contributed by atoms with van der Waals surface area (Å²) < 4.78 is 0. The molecule has 0 atom stereocenters. The van der Waals surface area contributed by atoms with Crippen LogP contribution in [-0.4, -0.2) is 26.7 Å². The summed E-state index contributed by atoms with van der Waals surface area (Å²) in [6, 6.07) is 13.3. The summed E-state index contributed by atoms with van der Waals surface area (Å²) in [4.78, 5) is 36.5. The minimum Gasteiger partial charge on any atom is -0.508 e. The molecule has 0 aromatic heterocycles. The van der Waals surface area contributed by atoms with Crippen LogP contribution in [0.15, 0.2) is 54.6 Å². The third-order valence-corrected chi connectivity index (χ3v) is 4.48. The van der Waals surface area contributed by atoms with E-state index in [1.807, 2.05) is 0 Å². The number of nitro benzene ring substituents is 1. The molecule has 0 saturated heterocycles. The van der Waals surface area contributed by atoms with Crippen LogP contribution in [0.25, 0.3) is 0 Å². The molecule has 0 saturated carbocycles. The first kappa shape index (κ1) is 17.2. The van der Waals surface area contributed by atoms with Crippen molar-refractivity contribution in [2.45, 2.75) is 0 Å². The molecule has 28 heavy (non-hydrogen) atoms. The van der Waals surface area contributed by atoms with E-state index in [0.717, 1.165) is 12.1 Å². The quantitative estimate of drug-likeness (QED) is 0.283. The van der Waals surface area contributed by atoms with Crippen molar-refractivity contribution in [1.29, 1.82) is 0 Å². The van der Waals surface area contributed by atoms with Crippen molar-refractivity contribution in [3.63, 3.8) is 0 Å². The van der Waals surface area contributed by atoms with Crippen molar-refractivity contribution < 1.29 is 24.7 Å². The highest BCUT2D eigenvalue weighted by Crippen LogP contribution is 2.43. The molecule has 3 aromatic carbocycles. The highest BCUT2D eigenvalue weighted by atomic mass is 16.6. The fraction of sp³-hybridized carbons (Fsp3) is 0. The van der Waals surface area contributed by atoms with Crippen molar-refractivity contribution in [3.8, 4) is 11.5 Å². The van der Waals surface area contributed by atoms with Gasteiger partial charge in [-0.25, -0.2) is 0 Å². The van der Waals surface area contributed by atoms with Gasteiger partial charge in [0.2, 0.25) is 5.75 Å². The van der Waals surface area contributed by atoms with Gasteiger partial charge in [-0.15, -0.1) is 0 Å². The Bertz CT molecular complexity index is 1170. The minimum absolute atomic E-state index is 0.0303. The van der Waals surface area contributed by atoms with Gasteiger partial charge in [-0.1, -0.05) is 18.2 Å². The number of hydrogen-bond donors (Lipinski definition) is 3. The molecular weight excluding hydrogens is 364 g/mol. The molecule has 0 amide bonds. The Morgan fingerprint density at radius 3 is 2.21 bits per heavy atom. The van der Waals surface area contributed by atoms with E-state index in [1.54, 1.807) is 30.3 Å². The van der Waals surface area contributed by atoms with Crippen LogP contribution in [0.2, 0.25) is 0 Å². The van der Waals surface area contributed by atoms with Crippen LogP contribution in [-0.2, 0) is 0 Å². The molecule has 3 aromatic rings. The Morgan fingerprint density at radius 2 is 1.54 bits per heavy atom. The van der Waals surface area contributed by atoms with E-state index < -0.39 is 33.5 Å². The zero-order valence-electron chi connectivity index (χ0n) is 14.2. The van der Waals surface area contributed by atoms with Crippen molar-refractivity contribution in [2.75, 3.05) is 5.32 Å². The number of fused-ring (bicyclic) bond motifs is 2. The van der Waals surface area contributed by atoms with Crippen molar-refractivity contribution in [2.24, 2.45) is 0 Å². The van der Waals surface area contributed by atoms with E-state index in [4.69, 9.17) is 0 Å². The first-order valence-electron chi connectivity index (χ1n) is 8.17. The molecule has 1 aliphatic rings. The topological polar surface area (TPSA) is 130 Å². The van der Waals surface area contributed by atoms with Gasteiger partial charge >= 0.3 is 5.69 Å². The van der Waals surface area contributed by atoms with E-state index in [1.165, 1.54) is 12.1 Å². The fourth-order valence-electron chi connectivity index (χ4n) is 3.22. The number of ketones is 2. The molecular formula is C20H12N2O6. The molecule has 0 spiro atoms. The SMILES string of the molecule is O=C1c2ccc(O)cc2C(=O)c2c(O)c([N+](=O)[O-])cc(Nc3ccccc3)c21. The zero-order valence-corrected chi connectivity index (χ0v) is 14.2. The van der Waals surface area contributed by atoms with Gasteiger partial charge < -0.3 is 15.5 Å². The second kappa shape index (κ2) is 6.20. The van der Waals surface area contributed by atoms with Gasteiger partial charge in [-0.2, -0.15) is 0 Å².